The van der Waals surface area contributed by atoms with E-state index < -0.39 is 0 Å². The summed E-state index contributed by atoms with van der Waals surface area (Å²) in [6.07, 6.45) is 1.41. The van der Waals surface area contributed by atoms with Gasteiger partial charge in [-0.25, -0.2) is 10.8 Å². The average molecular weight is 235 g/mol. The third kappa shape index (κ3) is 5.73. The molecule has 0 saturated carbocycles. The number of amidine groups is 1. The highest BCUT2D eigenvalue weighted by atomic mass is 15.4. The van der Waals surface area contributed by atoms with Crippen molar-refractivity contribution in [3.05, 3.63) is 24.0 Å². The normalized spacial score (nSPS) is 13.2. The third-order valence-electron chi connectivity index (χ3n) is 1.89. The van der Waals surface area contributed by atoms with Crippen LogP contribution in [-0.2, 0) is 0 Å². The van der Waals surface area contributed by atoms with E-state index >= 15 is 0 Å². The number of rotatable bonds is 3. The van der Waals surface area contributed by atoms with Gasteiger partial charge in [0.05, 0.1) is 0 Å². The SMILES string of the molecule is C=C(C#N)/N=C(\C(C)=C/N)N(N)CC(C)(C)C. The molecule has 0 rings (SSSR count). The summed E-state index contributed by atoms with van der Waals surface area (Å²) >= 11 is 0. The van der Waals surface area contributed by atoms with Crippen molar-refractivity contribution in [3.8, 4) is 6.07 Å². The first kappa shape index (κ1) is 15.2. The van der Waals surface area contributed by atoms with Crippen LogP contribution in [0.3, 0.4) is 0 Å². The summed E-state index contributed by atoms with van der Waals surface area (Å²) in [5, 5.41) is 10.2. The molecule has 0 spiro atoms. The van der Waals surface area contributed by atoms with Crippen LogP contribution in [-0.4, -0.2) is 17.4 Å². The summed E-state index contributed by atoms with van der Waals surface area (Å²) in [4.78, 5) is 4.06. The largest absolute Gasteiger partial charge is 0.404 e. The van der Waals surface area contributed by atoms with Crippen LogP contribution in [0.1, 0.15) is 27.7 Å². The molecule has 0 saturated heterocycles. The van der Waals surface area contributed by atoms with Gasteiger partial charge < -0.3 is 5.73 Å². The number of hydrogen-bond donors (Lipinski definition) is 2. The molecule has 5 heteroatoms. The van der Waals surface area contributed by atoms with E-state index in [1.54, 1.807) is 6.92 Å². The van der Waals surface area contributed by atoms with E-state index in [1.165, 1.54) is 11.2 Å². The van der Waals surface area contributed by atoms with Crippen molar-refractivity contribution in [2.75, 3.05) is 6.54 Å². The van der Waals surface area contributed by atoms with Crippen LogP contribution in [0, 0.1) is 16.7 Å². The third-order valence-corrected chi connectivity index (χ3v) is 1.89. The molecular weight excluding hydrogens is 214 g/mol. The Bertz CT molecular complexity index is 379. The smallest absolute Gasteiger partial charge is 0.148 e. The molecule has 0 aromatic heterocycles. The molecule has 0 radical (unpaired) electrons. The van der Waals surface area contributed by atoms with Crippen LogP contribution in [0.5, 0.6) is 0 Å². The Morgan fingerprint density at radius 3 is 2.41 bits per heavy atom. The van der Waals surface area contributed by atoms with E-state index in [-0.39, 0.29) is 11.1 Å². The molecule has 0 aromatic rings. The van der Waals surface area contributed by atoms with Gasteiger partial charge in [-0.2, -0.15) is 5.26 Å². The predicted octanol–water partition coefficient (Wildman–Crippen LogP) is 1.51. The van der Waals surface area contributed by atoms with Crippen LogP contribution < -0.4 is 11.6 Å². The summed E-state index contributed by atoms with van der Waals surface area (Å²) in [7, 11) is 0. The average Bonchev–Trinajstić information content (AvgIpc) is 2.21. The topological polar surface area (TPSA) is 91.4 Å². The Hall–Kier alpha value is -1.80. The predicted molar refractivity (Wildman–Crippen MR) is 70.5 cm³/mol. The zero-order valence-corrected chi connectivity index (χ0v) is 11.0. The summed E-state index contributed by atoms with van der Waals surface area (Å²) < 4.78 is 0. The first-order valence-electron chi connectivity index (χ1n) is 5.30. The molecule has 4 N–H and O–H groups in total. The quantitative estimate of drug-likeness (QED) is 0.255. The number of hydrazine groups is 1. The molecule has 0 bridgehead atoms. The second-order valence-electron chi connectivity index (χ2n) is 5.03. The number of aliphatic imine (C=N–C) groups is 1. The molecule has 5 nitrogen and oxygen atoms in total. The van der Waals surface area contributed by atoms with Gasteiger partial charge in [0.1, 0.15) is 17.6 Å². The summed E-state index contributed by atoms with van der Waals surface area (Å²) in [5.41, 5.74) is 6.27. The van der Waals surface area contributed by atoms with E-state index in [9.17, 15) is 0 Å². The zero-order valence-electron chi connectivity index (χ0n) is 11.0. The van der Waals surface area contributed by atoms with Crippen molar-refractivity contribution in [1.82, 2.24) is 5.01 Å². The summed E-state index contributed by atoms with van der Waals surface area (Å²) in [5.74, 6) is 6.41. The van der Waals surface area contributed by atoms with Crippen LogP contribution in [0.25, 0.3) is 0 Å². The van der Waals surface area contributed by atoms with Gasteiger partial charge in [0.25, 0.3) is 0 Å². The number of nitrogens with zero attached hydrogens (tertiary/aromatic N) is 3. The van der Waals surface area contributed by atoms with E-state index in [0.29, 0.717) is 18.0 Å². The maximum Gasteiger partial charge on any atom is 0.148 e. The molecule has 0 aliphatic carbocycles. The van der Waals surface area contributed by atoms with Crippen LogP contribution >= 0.6 is 0 Å². The first-order valence-corrected chi connectivity index (χ1v) is 5.30. The summed E-state index contributed by atoms with van der Waals surface area (Å²) in [6, 6.07) is 1.86. The fraction of sp³-hybridized carbons (Fsp3) is 0.500. The number of nitrogens with two attached hydrogens (primary N) is 2. The Balaban J connectivity index is 5.16. The Labute approximate surface area is 103 Å². The van der Waals surface area contributed by atoms with Crippen molar-refractivity contribution in [2.24, 2.45) is 22.0 Å². The van der Waals surface area contributed by atoms with E-state index in [4.69, 9.17) is 16.8 Å². The van der Waals surface area contributed by atoms with Gasteiger partial charge in [-0.05, 0) is 12.3 Å². The molecule has 94 valence electrons. The van der Waals surface area contributed by atoms with Gasteiger partial charge in [0.15, 0.2) is 0 Å². The zero-order chi connectivity index (χ0) is 13.6. The lowest BCUT2D eigenvalue weighted by Gasteiger charge is -2.28. The van der Waals surface area contributed by atoms with Gasteiger partial charge >= 0.3 is 0 Å². The van der Waals surface area contributed by atoms with Crippen molar-refractivity contribution in [2.45, 2.75) is 27.7 Å². The fourth-order valence-corrected chi connectivity index (χ4v) is 1.19. The van der Waals surface area contributed by atoms with Crippen molar-refractivity contribution in [1.29, 1.82) is 5.26 Å². The molecular formula is C12H21N5. The Morgan fingerprint density at radius 2 is 2.06 bits per heavy atom. The molecule has 0 aromatic carbocycles. The molecule has 0 unspecified atom stereocenters. The minimum absolute atomic E-state index is 0.0123. The Kier molecular flexibility index (Phi) is 5.42. The molecule has 0 atom stereocenters. The van der Waals surface area contributed by atoms with E-state index in [1.807, 2.05) is 6.07 Å². The van der Waals surface area contributed by atoms with Gasteiger partial charge in [-0.1, -0.05) is 27.4 Å². The highest BCUT2D eigenvalue weighted by Crippen LogP contribution is 2.15. The standard InChI is InChI=1S/C12H21N5/c1-9(6-13)11(16-10(2)7-14)17(15)8-12(3,4)5/h6H,2,8,13,15H2,1,3-5H3/b9-6-,16-11+. The lowest BCUT2D eigenvalue weighted by molar-refractivity contribution is 0.280. The second-order valence-corrected chi connectivity index (χ2v) is 5.03. The highest BCUT2D eigenvalue weighted by molar-refractivity contribution is 5.98. The fourth-order valence-electron chi connectivity index (χ4n) is 1.19. The minimum atomic E-state index is 0.0123. The maximum atomic E-state index is 8.69. The van der Waals surface area contributed by atoms with Crippen molar-refractivity contribution in [3.63, 3.8) is 0 Å². The van der Waals surface area contributed by atoms with Crippen LogP contribution in [0.2, 0.25) is 0 Å². The Morgan fingerprint density at radius 1 is 1.53 bits per heavy atom. The lowest BCUT2D eigenvalue weighted by atomic mass is 9.96. The van der Waals surface area contributed by atoms with Crippen molar-refractivity contribution < 1.29 is 0 Å². The lowest BCUT2D eigenvalue weighted by Crippen LogP contribution is -2.43. The van der Waals surface area contributed by atoms with Gasteiger partial charge in [0.2, 0.25) is 0 Å². The molecule has 0 amide bonds. The highest BCUT2D eigenvalue weighted by Gasteiger charge is 2.18. The van der Waals surface area contributed by atoms with Crippen molar-refractivity contribution >= 4 is 5.84 Å². The van der Waals surface area contributed by atoms with Gasteiger partial charge in [0, 0.05) is 18.3 Å². The van der Waals surface area contributed by atoms with E-state index in [2.05, 4.69) is 32.3 Å². The summed E-state index contributed by atoms with van der Waals surface area (Å²) in [6.45, 7) is 12.1. The molecule has 17 heavy (non-hydrogen) atoms. The number of nitriles is 1. The van der Waals surface area contributed by atoms with Crippen LogP contribution in [0.15, 0.2) is 29.0 Å². The molecule has 0 fully saturated rings. The monoisotopic (exact) mass is 235 g/mol. The van der Waals surface area contributed by atoms with Gasteiger partial charge in [-0.15, -0.1) is 0 Å². The van der Waals surface area contributed by atoms with Gasteiger partial charge in [-0.3, -0.25) is 5.01 Å². The first-order chi connectivity index (χ1) is 7.71. The number of hydrogen-bond acceptors (Lipinski definition) is 4. The minimum Gasteiger partial charge on any atom is -0.404 e. The number of allylic oxidation sites excluding steroid dienone is 1. The molecule has 0 heterocycles. The maximum absolute atomic E-state index is 8.69. The van der Waals surface area contributed by atoms with E-state index in [0.717, 1.165) is 0 Å². The van der Waals surface area contributed by atoms with Crippen LogP contribution in [0.4, 0.5) is 0 Å². The molecule has 0 aliphatic heterocycles. The second kappa shape index (κ2) is 6.06. The molecule has 0 aliphatic rings.